The molecule has 0 bridgehead atoms. The molecule has 1 aliphatic carbocycles. The lowest BCUT2D eigenvalue weighted by molar-refractivity contribution is -0.223. The number of rotatable bonds is 14. The first-order chi connectivity index (χ1) is 23.0. The first kappa shape index (κ1) is 38.3. The van der Waals surface area contributed by atoms with Crippen molar-refractivity contribution in [1.29, 1.82) is 0 Å². The van der Waals surface area contributed by atoms with Gasteiger partial charge in [-0.05, 0) is 72.9 Å². The second-order valence-corrected chi connectivity index (χ2v) is 16.2. The third kappa shape index (κ3) is 8.09. The number of carbonyl (C=O) groups excluding carboxylic acids is 1. The van der Waals surface area contributed by atoms with Gasteiger partial charge in [0, 0.05) is 19.6 Å². The monoisotopic (exact) mass is 733 g/mol. The summed E-state index contributed by atoms with van der Waals surface area (Å²) in [4.78, 5) is 24.2. The van der Waals surface area contributed by atoms with Crippen LogP contribution >= 0.6 is 19.2 Å². The van der Waals surface area contributed by atoms with Crippen molar-refractivity contribution in [2.75, 3.05) is 38.4 Å². The van der Waals surface area contributed by atoms with E-state index in [4.69, 9.17) is 49.1 Å². The lowest BCUT2D eigenvalue weighted by Crippen LogP contribution is -2.43. The number of anilines is 1. The van der Waals surface area contributed by atoms with E-state index in [2.05, 4.69) is 15.1 Å². The fourth-order valence-corrected chi connectivity index (χ4v) is 8.36. The molecule has 49 heavy (non-hydrogen) atoms. The van der Waals surface area contributed by atoms with Gasteiger partial charge in [-0.2, -0.15) is 15.1 Å². The smallest absolute Gasteiger partial charge is 0.416 e. The van der Waals surface area contributed by atoms with Crippen molar-refractivity contribution < 1.29 is 51.9 Å². The number of amides is 1. The Morgan fingerprint density at radius 1 is 1.14 bits per heavy atom. The SMILES string of the molecule is CCOP(=O)(OCC)C(O)(CCOC)OC[C@H]1O[C@@H](n2ncc3c(N(C(=O)OC(C)(C)C)C4CCCC4)nc(Cl)nc32)[C@@H]2OC(C)(C)O[C@@H]21. The predicted molar refractivity (Wildman–Crippen MR) is 177 cm³/mol. The number of halogens is 1. The van der Waals surface area contributed by atoms with Crippen LogP contribution in [0.5, 0.6) is 0 Å². The highest BCUT2D eigenvalue weighted by molar-refractivity contribution is 7.55. The molecule has 18 heteroatoms. The average molecular weight is 734 g/mol. The highest BCUT2D eigenvalue weighted by atomic mass is 35.5. The van der Waals surface area contributed by atoms with Crippen LogP contribution in [0.3, 0.4) is 0 Å². The van der Waals surface area contributed by atoms with Gasteiger partial charge in [0.15, 0.2) is 23.5 Å². The second-order valence-electron chi connectivity index (χ2n) is 13.7. The quantitative estimate of drug-likeness (QED) is 0.145. The topological polar surface area (TPSA) is 175 Å². The molecule has 4 heterocycles. The van der Waals surface area contributed by atoms with E-state index in [-0.39, 0.29) is 50.0 Å². The van der Waals surface area contributed by atoms with Gasteiger partial charge in [0.05, 0.1) is 38.0 Å². The maximum Gasteiger partial charge on any atom is 0.416 e. The van der Waals surface area contributed by atoms with Crippen molar-refractivity contribution in [2.45, 2.75) is 128 Å². The van der Waals surface area contributed by atoms with Crippen LogP contribution in [0.15, 0.2) is 6.20 Å². The molecule has 5 rings (SSSR count). The molecule has 2 aliphatic heterocycles. The normalized spacial score (nSPS) is 25.5. The van der Waals surface area contributed by atoms with Gasteiger partial charge in [-0.1, -0.05) is 12.8 Å². The minimum absolute atomic E-state index is 0.0106. The molecule has 0 radical (unpaired) electrons. The zero-order valence-electron chi connectivity index (χ0n) is 29.4. The Morgan fingerprint density at radius 3 is 2.41 bits per heavy atom. The molecule has 3 fully saturated rings. The highest BCUT2D eigenvalue weighted by Crippen LogP contribution is 2.61. The summed E-state index contributed by atoms with van der Waals surface area (Å²) in [6.07, 6.45) is 1.16. The Bertz CT molecular complexity index is 1510. The van der Waals surface area contributed by atoms with Crippen LogP contribution in [0.1, 0.15) is 86.8 Å². The summed E-state index contributed by atoms with van der Waals surface area (Å²) >= 11 is 6.52. The van der Waals surface area contributed by atoms with Gasteiger partial charge in [-0.3, -0.25) is 9.46 Å². The Balaban J connectivity index is 1.49. The van der Waals surface area contributed by atoms with Gasteiger partial charge in [0.2, 0.25) is 5.28 Å². The number of methoxy groups -OCH3 is 1. The van der Waals surface area contributed by atoms with Crippen LogP contribution < -0.4 is 4.90 Å². The van der Waals surface area contributed by atoms with Gasteiger partial charge < -0.3 is 42.6 Å². The standard InChI is InChI=1S/C31H49ClN5O11P/c1-9-43-49(40,44-10-2)31(39,15-16-41-8)42-18-21-22-23(47-30(6,7)46-22)26(45-21)37-25-20(17-33-37)24(34-27(32)35-25)36(19-13-11-12-14-19)28(38)48-29(3,4)5/h17,19,21-23,26,39H,9-16,18H2,1-8H3/t21-,22-,23-,26-,31?/m1/s1. The number of aromatic nitrogens is 4. The number of hydrogen-bond donors (Lipinski definition) is 1. The lowest BCUT2D eigenvalue weighted by atomic mass is 10.1. The van der Waals surface area contributed by atoms with Crippen LogP contribution in [0.2, 0.25) is 5.28 Å². The third-order valence-electron chi connectivity index (χ3n) is 8.42. The Hall–Kier alpha value is -1.98. The summed E-state index contributed by atoms with van der Waals surface area (Å²) in [5, 5.41) is 16.6. The minimum atomic E-state index is -4.19. The van der Waals surface area contributed by atoms with Gasteiger partial charge in [-0.25, -0.2) is 9.48 Å². The van der Waals surface area contributed by atoms with Gasteiger partial charge in [0.1, 0.15) is 23.9 Å². The van der Waals surface area contributed by atoms with Crippen molar-refractivity contribution in [3.63, 3.8) is 0 Å². The Labute approximate surface area is 291 Å². The van der Waals surface area contributed by atoms with E-state index in [1.54, 1.807) is 38.8 Å². The van der Waals surface area contributed by atoms with E-state index in [0.29, 0.717) is 11.0 Å². The van der Waals surface area contributed by atoms with E-state index in [1.807, 2.05) is 20.8 Å². The number of nitrogens with zero attached hydrogens (tertiary/aromatic N) is 5. The number of hydrogen-bond acceptors (Lipinski definition) is 14. The summed E-state index contributed by atoms with van der Waals surface area (Å²) in [5.41, 5.74) is -2.78. The molecule has 1 saturated carbocycles. The predicted octanol–water partition coefficient (Wildman–Crippen LogP) is 5.55. The second kappa shape index (κ2) is 14.9. The van der Waals surface area contributed by atoms with Crippen LogP contribution in [-0.4, -0.2) is 106 Å². The van der Waals surface area contributed by atoms with Crippen LogP contribution in [0.25, 0.3) is 11.0 Å². The van der Waals surface area contributed by atoms with Crippen molar-refractivity contribution in [1.82, 2.24) is 19.7 Å². The van der Waals surface area contributed by atoms with Crippen molar-refractivity contribution in [2.24, 2.45) is 0 Å². The Kier molecular flexibility index (Phi) is 11.7. The van der Waals surface area contributed by atoms with Crippen LogP contribution in [0.4, 0.5) is 10.6 Å². The molecule has 2 aromatic heterocycles. The van der Waals surface area contributed by atoms with E-state index >= 15 is 0 Å². The first-order valence-corrected chi connectivity index (χ1v) is 18.7. The fraction of sp³-hybridized carbons (Fsp3) is 0.806. The summed E-state index contributed by atoms with van der Waals surface area (Å²) < 4.78 is 62.1. The molecule has 0 spiro atoms. The van der Waals surface area contributed by atoms with Crippen molar-refractivity contribution in [3.05, 3.63) is 11.5 Å². The number of ether oxygens (including phenoxy) is 6. The molecule has 3 aliphatic rings. The molecule has 276 valence electrons. The largest absolute Gasteiger partial charge is 0.443 e. The molecule has 16 nitrogen and oxygen atoms in total. The summed E-state index contributed by atoms with van der Waals surface area (Å²) in [5.74, 6) is -0.725. The maximum absolute atomic E-state index is 13.8. The molecule has 0 aromatic carbocycles. The average Bonchev–Trinajstić information content (AvgIpc) is 3.79. The molecule has 1 unspecified atom stereocenters. The molecule has 2 aromatic rings. The van der Waals surface area contributed by atoms with Gasteiger partial charge in [0.25, 0.3) is 5.53 Å². The van der Waals surface area contributed by atoms with Gasteiger partial charge in [-0.15, -0.1) is 0 Å². The van der Waals surface area contributed by atoms with E-state index in [1.165, 1.54) is 11.8 Å². The first-order valence-electron chi connectivity index (χ1n) is 16.7. The van der Waals surface area contributed by atoms with Crippen molar-refractivity contribution >= 4 is 42.1 Å². The van der Waals surface area contributed by atoms with Gasteiger partial charge >= 0.3 is 13.7 Å². The summed E-state index contributed by atoms with van der Waals surface area (Å²) in [6.45, 7) is 12.0. The zero-order chi connectivity index (χ0) is 35.8. The summed E-state index contributed by atoms with van der Waals surface area (Å²) in [6, 6.07) is -0.144. The zero-order valence-corrected chi connectivity index (χ0v) is 31.1. The van der Waals surface area contributed by atoms with Crippen molar-refractivity contribution in [3.8, 4) is 0 Å². The number of fused-ring (bicyclic) bond motifs is 2. The number of aliphatic hydroxyl groups is 1. The molecule has 1 N–H and O–H groups in total. The van der Waals surface area contributed by atoms with E-state index in [0.717, 1.165) is 25.7 Å². The Morgan fingerprint density at radius 2 is 1.80 bits per heavy atom. The van der Waals surface area contributed by atoms with E-state index < -0.39 is 55.1 Å². The third-order valence-corrected chi connectivity index (χ3v) is 11.0. The number of carbonyl (C=O) groups is 1. The van der Waals surface area contributed by atoms with Crippen LogP contribution in [-0.2, 0) is 42.0 Å². The molecule has 5 atom stereocenters. The molecule has 2 saturated heterocycles. The van der Waals surface area contributed by atoms with E-state index in [9.17, 15) is 14.5 Å². The molecular weight excluding hydrogens is 685 g/mol. The molecule has 1 amide bonds. The maximum atomic E-state index is 13.8. The highest BCUT2D eigenvalue weighted by Gasteiger charge is 2.58. The fourth-order valence-electron chi connectivity index (χ4n) is 6.44. The molecular formula is C31H49ClN5O11P. The van der Waals surface area contributed by atoms with Crippen LogP contribution in [0, 0.1) is 0 Å². The minimum Gasteiger partial charge on any atom is -0.443 e. The summed E-state index contributed by atoms with van der Waals surface area (Å²) in [7, 11) is -2.75. The lowest BCUT2D eigenvalue weighted by Gasteiger charge is -2.35.